The van der Waals surface area contributed by atoms with Gasteiger partial charge >= 0.3 is 0 Å². The molecule has 0 aromatic carbocycles. The van der Waals surface area contributed by atoms with Crippen molar-refractivity contribution in [1.29, 1.82) is 0 Å². The highest BCUT2D eigenvalue weighted by molar-refractivity contribution is 4.62. The summed E-state index contributed by atoms with van der Waals surface area (Å²) in [5.41, 5.74) is 0. The standard InChI is InChI=1S/C6H13N.C5H10.2C4H10.C2H6/c1-2-7-5-3-4-6-7;1-2-4-5-3-1;2*1-4(2)3;1-2/h2-6H2,1H3;1-5H2;2*4H,1-3H3;1-2H3. The molecule has 0 N–H and O–H groups in total. The second kappa shape index (κ2) is 23.2. The van der Waals surface area contributed by atoms with E-state index in [0.717, 1.165) is 11.8 Å². The van der Waals surface area contributed by atoms with Gasteiger partial charge in [0.15, 0.2) is 0 Å². The van der Waals surface area contributed by atoms with Gasteiger partial charge in [-0.15, -0.1) is 0 Å². The third-order valence-corrected chi connectivity index (χ3v) is 2.90. The molecule has 138 valence electrons. The fraction of sp³-hybridized carbons (Fsp3) is 1.00. The Kier molecular flexibility index (Phi) is 28.3. The van der Waals surface area contributed by atoms with E-state index >= 15 is 0 Å². The average molecular weight is 316 g/mol. The molecule has 1 nitrogen and oxygen atoms in total. The van der Waals surface area contributed by atoms with Crippen molar-refractivity contribution < 1.29 is 0 Å². The van der Waals surface area contributed by atoms with Gasteiger partial charge in [0.05, 0.1) is 0 Å². The monoisotopic (exact) mass is 315 g/mol. The van der Waals surface area contributed by atoms with Crippen LogP contribution in [-0.4, -0.2) is 24.5 Å². The molecule has 2 rings (SSSR count). The molecule has 1 aliphatic carbocycles. The van der Waals surface area contributed by atoms with Gasteiger partial charge in [0.1, 0.15) is 0 Å². The predicted octanol–water partition coefficient (Wildman–Crippen LogP) is 7.40. The van der Waals surface area contributed by atoms with Gasteiger partial charge in [-0.2, -0.15) is 0 Å². The third kappa shape index (κ3) is 36.8. The van der Waals surface area contributed by atoms with E-state index in [2.05, 4.69) is 53.4 Å². The Labute approximate surface area is 144 Å². The van der Waals surface area contributed by atoms with E-state index in [1.54, 1.807) is 0 Å². The summed E-state index contributed by atoms with van der Waals surface area (Å²) in [6.07, 6.45) is 10.3. The summed E-state index contributed by atoms with van der Waals surface area (Å²) in [5.74, 6) is 1.67. The highest BCUT2D eigenvalue weighted by Gasteiger charge is 2.06. The first-order valence-electron chi connectivity index (χ1n) is 10.1. The molecule has 0 amide bonds. The van der Waals surface area contributed by atoms with Crippen LogP contribution in [0.3, 0.4) is 0 Å². The molecule has 0 bridgehead atoms. The van der Waals surface area contributed by atoms with Gasteiger partial charge in [0, 0.05) is 0 Å². The zero-order valence-corrected chi connectivity index (χ0v) is 17.7. The minimum Gasteiger partial charge on any atom is -0.304 e. The number of hydrogen-bond acceptors (Lipinski definition) is 1. The van der Waals surface area contributed by atoms with Gasteiger partial charge in [-0.1, -0.05) is 94.4 Å². The molecular formula is C21H49N. The van der Waals surface area contributed by atoms with Gasteiger partial charge in [-0.05, 0) is 44.3 Å². The van der Waals surface area contributed by atoms with Crippen LogP contribution in [0.4, 0.5) is 0 Å². The summed E-state index contributed by atoms with van der Waals surface area (Å²) in [6, 6.07) is 0. The van der Waals surface area contributed by atoms with Crippen molar-refractivity contribution in [3.63, 3.8) is 0 Å². The number of likely N-dealkylation sites (tertiary alicyclic amines) is 1. The van der Waals surface area contributed by atoms with Gasteiger partial charge in [-0.25, -0.2) is 0 Å². The lowest BCUT2D eigenvalue weighted by Crippen LogP contribution is -2.17. The Morgan fingerprint density at radius 2 is 0.818 bits per heavy atom. The lowest BCUT2D eigenvalue weighted by atomic mass is 10.3. The first kappa shape index (κ1) is 26.8. The maximum atomic E-state index is 2.49. The predicted molar refractivity (Wildman–Crippen MR) is 107 cm³/mol. The Balaban J connectivity index is -0.000000217. The molecule has 0 atom stereocenters. The molecule has 22 heavy (non-hydrogen) atoms. The largest absolute Gasteiger partial charge is 0.304 e. The van der Waals surface area contributed by atoms with Crippen LogP contribution in [0, 0.1) is 11.8 Å². The molecule has 0 spiro atoms. The number of nitrogens with zero attached hydrogens (tertiary/aromatic N) is 1. The highest BCUT2D eigenvalue weighted by atomic mass is 15.1. The maximum Gasteiger partial charge on any atom is -0.00184 e. The molecule has 0 aromatic rings. The SMILES string of the molecule is C1CCCC1.CC.CC(C)C.CC(C)C.CCN1CCCC1. The molecule has 1 aliphatic heterocycles. The minimum absolute atomic E-state index is 0.833. The van der Waals surface area contributed by atoms with Crippen molar-refractivity contribution in [3.05, 3.63) is 0 Å². The van der Waals surface area contributed by atoms with E-state index < -0.39 is 0 Å². The van der Waals surface area contributed by atoms with Crippen LogP contribution in [0.25, 0.3) is 0 Å². The lowest BCUT2D eigenvalue weighted by Gasteiger charge is -2.08. The van der Waals surface area contributed by atoms with Crippen LogP contribution in [0.15, 0.2) is 0 Å². The van der Waals surface area contributed by atoms with E-state index in [1.165, 1.54) is 64.6 Å². The smallest absolute Gasteiger partial charge is 0.00184 e. The van der Waals surface area contributed by atoms with Crippen LogP contribution in [0.1, 0.15) is 107 Å². The van der Waals surface area contributed by atoms with Crippen molar-refractivity contribution in [2.24, 2.45) is 11.8 Å². The van der Waals surface area contributed by atoms with Crippen molar-refractivity contribution in [2.45, 2.75) is 107 Å². The van der Waals surface area contributed by atoms with Crippen molar-refractivity contribution in [3.8, 4) is 0 Å². The van der Waals surface area contributed by atoms with E-state index in [-0.39, 0.29) is 0 Å². The molecule has 1 saturated heterocycles. The fourth-order valence-electron chi connectivity index (χ4n) is 1.98. The molecule has 0 radical (unpaired) electrons. The van der Waals surface area contributed by atoms with E-state index in [9.17, 15) is 0 Å². The normalized spacial score (nSPS) is 16.5. The second-order valence-electron chi connectivity index (χ2n) is 7.37. The second-order valence-corrected chi connectivity index (χ2v) is 7.37. The van der Waals surface area contributed by atoms with E-state index in [4.69, 9.17) is 0 Å². The van der Waals surface area contributed by atoms with Crippen LogP contribution < -0.4 is 0 Å². The molecule has 2 fully saturated rings. The average Bonchev–Trinajstić information content (AvgIpc) is 3.16. The third-order valence-electron chi connectivity index (χ3n) is 2.90. The molecular weight excluding hydrogens is 266 g/mol. The maximum absolute atomic E-state index is 2.49. The number of rotatable bonds is 1. The summed E-state index contributed by atoms with van der Waals surface area (Å²) < 4.78 is 0. The van der Waals surface area contributed by atoms with Crippen LogP contribution >= 0.6 is 0 Å². The molecule has 0 aromatic heterocycles. The van der Waals surface area contributed by atoms with Crippen LogP contribution in [0.5, 0.6) is 0 Å². The first-order valence-corrected chi connectivity index (χ1v) is 10.1. The molecule has 1 saturated carbocycles. The lowest BCUT2D eigenvalue weighted by molar-refractivity contribution is 0.359. The van der Waals surface area contributed by atoms with E-state index in [0.29, 0.717) is 0 Å². The molecule has 1 heterocycles. The Hall–Kier alpha value is -0.0400. The van der Waals surface area contributed by atoms with E-state index in [1.807, 2.05) is 13.8 Å². The zero-order valence-electron chi connectivity index (χ0n) is 17.7. The van der Waals surface area contributed by atoms with Gasteiger partial charge in [0.25, 0.3) is 0 Å². The molecule has 0 unspecified atom stereocenters. The van der Waals surface area contributed by atoms with Gasteiger partial charge in [-0.3, -0.25) is 0 Å². The zero-order chi connectivity index (χ0) is 17.8. The summed E-state index contributed by atoms with van der Waals surface area (Å²) in [5, 5.41) is 0. The van der Waals surface area contributed by atoms with Gasteiger partial charge in [0.2, 0.25) is 0 Å². The summed E-state index contributed by atoms with van der Waals surface area (Å²) in [6.45, 7) is 23.2. The summed E-state index contributed by atoms with van der Waals surface area (Å²) in [4.78, 5) is 2.49. The Morgan fingerprint density at radius 3 is 0.955 bits per heavy atom. The Morgan fingerprint density at radius 1 is 0.591 bits per heavy atom. The van der Waals surface area contributed by atoms with Gasteiger partial charge < -0.3 is 4.90 Å². The van der Waals surface area contributed by atoms with Crippen molar-refractivity contribution >= 4 is 0 Å². The molecule has 1 heteroatoms. The molecule has 2 aliphatic rings. The first-order chi connectivity index (χ1) is 10.4. The van der Waals surface area contributed by atoms with Crippen LogP contribution in [0.2, 0.25) is 0 Å². The van der Waals surface area contributed by atoms with Crippen molar-refractivity contribution in [2.75, 3.05) is 19.6 Å². The highest BCUT2D eigenvalue weighted by Crippen LogP contribution is 2.15. The number of hydrogen-bond donors (Lipinski definition) is 0. The summed E-state index contributed by atoms with van der Waals surface area (Å²) >= 11 is 0. The van der Waals surface area contributed by atoms with Crippen molar-refractivity contribution in [1.82, 2.24) is 4.90 Å². The fourth-order valence-corrected chi connectivity index (χ4v) is 1.98. The Bertz CT molecular complexity index is 134. The topological polar surface area (TPSA) is 3.24 Å². The van der Waals surface area contributed by atoms with Crippen LogP contribution in [-0.2, 0) is 0 Å². The summed E-state index contributed by atoms with van der Waals surface area (Å²) in [7, 11) is 0. The minimum atomic E-state index is 0.833. The quantitative estimate of drug-likeness (QED) is 0.487.